The van der Waals surface area contributed by atoms with Crippen LogP contribution in [0.15, 0.2) is 30.3 Å². The summed E-state index contributed by atoms with van der Waals surface area (Å²) in [5.74, 6) is -0.176. The monoisotopic (exact) mass is 310 g/mol. The number of rotatable bonds is 10. The van der Waals surface area contributed by atoms with Crippen molar-refractivity contribution in [3.05, 3.63) is 41.5 Å². The van der Waals surface area contributed by atoms with Crippen molar-refractivity contribution in [2.24, 2.45) is 0 Å². The lowest BCUT2D eigenvalue weighted by molar-refractivity contribution is 0.481. The van der Waals surface area contributed by atoms with Crippen molar-refractivity contribution >= 4 is 16.2 Å². The fourth-order valence-electron chi connectivity index (χ4n) is 2.22. The predicted octanol–water partition coefficient (Wildman–Crippen LogP) is 4.49. The Bertz CT molecular complexity index is 533. The van der Waals surface area contributed by atoms with Crippen LogP contribution >= 0.6 is 0 Å². The van der Waals surface area contributed by atoms with E-state index in [1.54, 1.807) is 0 Å². The topological polar surface area (TPSA) is 54.4 Å². The molecule has 21 heavy (non-hydrogen) atoms. The Hall–Kier alpha value is -1.13. The van der Waals surface area contributed by atoms with Gasteiger partial charge in [0, 0.05) is 0 Å². The first-order chi connectivity index (χ1) is 10.0. The van der Waals surface area contributed by atoms with Gasteiger partial charge < -0.3 is 0 Å². The summed E-state index contributed by atoms with van der Waals surface area (Å²) in [5, 5.41) is 0. The molecule has 0 atom stereocenters. The zero-order valence-corrected chi connectivity index (χ0v) is 13.6. The second-order valence-electron chi connectivity index (χ2n) is 5.39. The van der Waals surface area contributed by atoms with Crippen LogP contribution in [0.4, 0.5) is 0 Å². The largest absolute Gasteiger partial charge is 0.286 e. The Balaban J connectivity index is 2.39. The van der Waals surface area contributed by atoms with Crippen LogP contribution in [0.25, 0.3) is 6.08 Å². The van der Waals surface area contributed by atoms with E-state index < -0.39 is 10.1 Å². The Morgan fingerprint density at radius 3 is 2.67 bits per heavy atom. The van der Waals surface area contributed by atoms with E-state index >= 15 is 0 Å². The van der Waals surface area contributed by atoms with E-state index in [2.05, 4.69) is 31.2 Å². The Morgan fingerprint density at radius 2 is 1.95 bits per heavy atom. The van der Waals surface area contributed by atoms with Gasteiger partial charge in [0.05, 0.1) is 5.75 Å². The Morgan fingerprint density at radius 1 is 1.14 bits per heavy atom. The summed E-state index contributed by atoms with van der Waals surface area (Å²) >= 11 is 0. The normalized spacial score (nSPS) is 12.1. The quantitative estimate of drug-likeness (QED) is 0.511. The molecule has 0 amide bonds. The van der Waals surface area contributed by atoms with Crippen molar-refractivity contribution in [2.75, 3.05) is 5.75 Å². The van der Waals surface area contributed by atoms with Crippen molar-refractivity contribution in [1.29, 1.82) is 0 Å². The molecule has 0 aliphatic rings. The summed E-state index contributed by atoms with van der Waals surface area (Å²) in [6, 6.07) is 8.10. The van der Waals surface area contributed by atoms with Crippen LogP contribution < -0.4 is 0 Å². The standard InChI is InChI=1S/C17H26O3S/c1-2-3-4-5-6-7-10-16-11-8-12-17(15-16)13-9-14-21(18,19)20/h7-8,10-12,15H,2-6,9,13-14H2,1H3,(H,18,19,20)/b10-7+. The van der Waals surface area contributed by atoms with Gasteiger partial charge in [-0.1, -0.05) is 62.6 Å². The second-order valence-corrected chi connectivity index (χ2v) is 6.96. The number of unbranched alkanes of at least 4 members (excludes halogenated alkanes) is 4. The summed E-state index contributed by atoms with van der Waals surface area (Å²) in [5.41, 5.74) is 2.25. The van der Waals surface area contributed by atoms with E-state index in [9.17, 15) is 8.42 Å². The van der Waals surface area contributed by atoms with Crippen LogP contribution in [0.5, 0.6) is 0 Å². The van der Waals surface area contributed by atoms with E-state index in [-0.39, 0.29) is 5.75 Å². The molecule has 0 saturated heterocycles. The number of hydrogen-bond donors (Lipinski definition) is 1. The SMILES string of the molecule is CCCCCC/C=C/c1cccc(CCCS(=O)(=O)O)c1. The maximum absolute atomic E-state index is 10.7. The summed E-state index contributed by atoms with van der Waals surface area (Å²) in [6.07, 6.45) is 11.6. The molecule has 0 aliphatic heterocycles. The van der Waals surface area contributed by atoms with Crippen LogP contribution in [0, 0.1) is 0 Å². The zero-order chi connectivity index (χ0) is 15.6. The van der Waals surface area contributed by atoms with Crippen molar-refractivity contribution < 1.29 is 13.0 Å². The van der Waals surface area contributed by atoms with Crippen molar-refractivity contribution in [3.63, 3.8) is 0 Å². The van der Waals surface area contributed by atoms with E-state index in [0.717, 1.165) is 17.5 Å². The summed E-state index contributed by atoms with van der Waals surface area (Å²) in [7, 11) is -3.84. The molecule has 0 bridgehead atoms. The molecule has 1 aromatic carbocycles. The highest BCUT2D eigenvalue weighted by Gasteiger charge is 2.04. The fourth-order valence-corrected chi connectivity index (χ4v) is 2.73. The third-order valence-electron chi connectivity index (χ3n) is 3.35. The molecule has 1 rings (SSSR count). The summed E-state index contributed by atoms with van der Waals surface area (Å²) < 4.78 is 30.1. The first kappa shape index (κ1) is 17.9. The average molecular weight is 310 g/mol. The molecule has 0 radical (unpaired) electrons. The molecule has 118 valence electrons. The lowest BCUT2D eigenvalue weighted by atomic mass is 10.1. The van der Waals surface area contributed by atoms with Crippen LogP contribution in [0.2, 0.25) is 0 Å². The number of benzene rings is 1. The molecule has 1 aromatic rings. The van der Waals surface area contributed by atoms with Crippen LogP contribution in [-0.2, 0) is 16.5 Å². The molecule has 0 fully saturated rings. The van der Waals surface area contributed by atoms with Gasteiger partial charge in [0.25, 0.3) is 10.1 Å². The van der Waals surface area contributed by atoms with Gasteiger partial charge in [-0.05, 0) is 36.8 Å². The van der Waals surface area contributed by atoms with Crippen molar-refractivity contribution in [3.8, 4) is 0 Å². The lowest BCUT2D eigenvalue weighted by Gasteiger charge is -2.02. The Kier molecular flexibility index (Phi) is 8.31. The minimum absolute atomic E-state index is 0.176. The van der Waals surface area contributed by atoms with Gasteiger partial charge in [-0.25, -0.2) is 0 Å². The molecule has 0 unspecified atom stereocenters. The highest BCUT2D eigenvalue weighted by Crippen LogP contribution is 2.11. The van der Waals surface area contributed by atoms with Gasteiger partial charge in [0.2, 0.25) is 0 Å². The smallest absolute Gasteiger partial charge is 0.264 e. The van der Waals surface area contributed by atoms with Gasteiger partial charge in [-0.3, -0.25) is 4.55 Å². The van der Waals surface area contributed by atoms with Crippen molar-refractivity contribution in [2.45, 2.75) is 51.9 Å². The van der Waals surface area contributed by atoms with Gasteiger partial charge in [0.15, 0.2) is 0 Å². The summed E-state index contributed by atoms with van der Waals surface area (Å²) in [6.45, 7) is 2.21. The highest BCUT2D eigenvalue weighted by atomic mass is 32.2. The predicted molar refractivity (Wildman–Crippen MR) is 89.0 cm³/mol. The highest BCUT2D eigenvalue weighted by molar-refractivity contribution is 7.85. The molecule has 0 aliphatic carbocycles. The minimum Gasteiger partial charge on any atom is -0.286 e. The molecule has 0 aromatic heterocycles. The molecule has 3 nitrogen and oxygen atoms in total. The third-order valence-corrected chi connectivity index (χ3v) is 4.16. The van der Waals surface area contributed by atoms with Gasteiger partial charge in [-0.15, -0.1) is 0 Å². The first-order valence-electron chi connectivity index (χ1n) is 7.72. The lowest BCUT2D eigenvalue weighted by Crippen LogP contribution is -2.04. The molecule has 0 saturated carbocycles. The van der Waals surface area contributed by atoms with Crippen LogP contribution in [-0.4, -0.2) is 18.7 Å². The number of allylic oxidation sites excluding steroid dienone is 1. The van der Waals surface area contributed by atoms with Crippen molar-refractivity contribution in [1.82, 2.24) is 0 Å². The van der Waals surface area contributed by atoms with Gasteiger partial charge >= 0.3 is 0 Å². The molecular weight excluding hydrogens is 284 g/mol. The molecule has 4 heteroatoms. The van der Waals surface area contributed by atoms with Crippen LogP contribution in [0.3, 0.4) is 0 Å². The summed E-state index contributed by atoms with van der Waals surface area (Å²) in [4.78, 5) is 0. The number of hydrogen-bond acceptors (Lipinski definition) is 2. The van der Waals surface area contributed by atoms with Gasteiger partial charge in [-0.2, -0.15) is 8.42 Å². The second kappa shape index (κ2) is 9.74. The fraction of sp³-hybridized carbons (Fsp3) is 0.529. The minimum atomic E-state index is -3.84. The maximum atomic E-state index is 10.7. The third kappa shape index (κ3) is 9.43. The Labute approximate surface area is 128 Å². The maximum Gasteiger partial charge on any atom is 0.264 e. The van der Waals surface area contributed by atoms with Gasteiger partial charge in [0.1, 0.15) is 0 Å². The number of aryl methyl sites for hydroxylation is 1. The van der Waals surface area contributed by atoms with E-state index in [1.165, 1.54) is 25.7 Å². The molecule has 1 N–H and O–H groups in total. The van der Waals surface area contributed by atoms with E-state index in [4.69, 9.17) is 4.55 Å². The first-order valence-corrected chi connectivity index (χ1v) is 9.33. The molecular formula is C17H26O3S. The zero-order valence-electron chi connectivity index (χ0n) is 12.8. The van der Waals surface area contributed by atoms with E-state index in [0.29, 0.717) is 12.8 Å². The molecule has 0 spiro atoms. The average Bonchev–Trinajstić information content (AvgIpc) is 2.42. The van der Waals surface area contributed by atoms with Crippen LogP contribution in [0.1, 0.15) is 56.6 Å². The molecule has 0 heterocycles. The van der Waals surface area contributed by atoms with E-state index in [1.807, 2.05) is 12.1 Å².